The van der Waals surface area contributed by atoms with Gasteiger partial charge in [0.25, 0.3) is 5.56 Å². The third-order valence-corrected chi connectivity index (χ3v) is 6.82. The fraction of sp³-hybridized carbons (Fsp3) is 0.385. The lowest BCUT2D eigenvalue weighted by Gasteiger charge is -2.30. The molecule has 2 N–H and O–H groups in total. The first kappa shape index (κ1) is 23.3. The lowest BCUT2D eigenvalue weighted by atomic mass is 10.0. The van der Waals surface area contributed by atoms with Crippen molar-refractivity contribution < 1.29 is 4.79 Å². The second-order valence-electron chi connectivity index (χ2n) is 8.88. The number of H-pyrrole nitrogens is 1. The Labute approximate surface area is 199 Å². The summed E-state index contributed by atoms with van der Waals surface area (Å²) < 4.78 is 0. The van der Waals surface area contributed by atoms with Gasteiger partial charge in [0.05, 0.1) is 17.3 Å². The zero-order chi connectivity index (χ0) is 23.5. The molecule has 0 radical (unpaired) electrons. The topological polar surface area (TPSA) is 68.4 Å². The number of likely N-dealkylation sites (N-methyl/N-ethyl adjacent to an activating group) is 1. The Balaban J connectivity index is 1.65. The summed E-state index contributed by atoms with van der Waals surface area (Å²) in [6.07, 6.45) is 2.16. The number of nitrogens with one attached hydrogen (secondary N) is 2. The van der Waals surface area contributed by atoms with E-state index < -0.39 is 0 Å². The molecule has 0 spiro atoms. The number of amides is 2. The van der Waals surface area contributed by atoms with Gasteiger partial charge in [-0.15, -0.1) is 0 Å². The number of para-hydroxylation sites is 1. The molecule has 174 valence electrons. The van der Waals surface area contributed by atoms with E-state index in [2.05, 4.69) is 28.2 Å². The van der Waals surface area contributed by atoms with Crippen LogP contribution in [0.4, 0.5) is 10.5 Å². The van der Waals surface area contributed by atoms with Gasteiger partial charge in [-0.05, 0) is 75.2 Å². The minimum Gasteiger partial charge on any atom is -0.322 e. The predicted octanol–water partition coefficient (Wildman–Crippen LogP) is 5.32. The van der Waals surface area contributed by atoms with Crippen LogP contribution in [-0.2, 0) is 6.54 Å². The molecular weight excluding hydrogens is 436 g/mol. The number of hydrogen-bond donors (Lipinski definition) is 2. The van der Waals surface area contributed by atoms with Gasteiger partial charge < -0.3 is 15.2 Å². The number of carbonyl (C=O) groups is 1. The molecule has 1 atom stereocenters. The van der Waals surface area contributed by atoms with Gasteiger partial charge in [-0.3, -0.25) is 9.69 Å². The van der Waals surface area contributed by atoms with Crippen LogP contribution in [-0.4, -0.2) is 46.5 Å². The first-order valence-electron chi connectivity index (χ1n) is 11.5. The summed E-state index contributed by atoms with van der Waals surface area (Å²) in [6.45, 7) is 8.95. The normalized spacial score (nSPS) is 16.3. The minimum atomic E-state index is -0.258. The number of halogens is 1. The van der Waals surface area contributed by atoms with Crippen LogP contribution in [0, 0.1) is 13.8 Å². The van der Waals surface area contributed by atoms with Crippen molar-refractivity contribution in [3.8, 4) is 0 Å². The zero-order valence-electron chi connectivity index (χ0n) is 19.5. The number of anilines is 1. The van der Waals surface area contributed by atoms with Gasteiger partial charge in [-0.1, -0.05) is 36.7 Å². The molecule has 33 heavy (non-hydrogen) atoms. The summed E-state index contributed by atoms with van der Waals surface area (Å²) in [5, 5.41) is 4.42. The van der Waals surface area contributed by atoms with Crippen molar-refractivity contribution in [2.45, 2.75) is 46.2 Å². The maximum atomic E-state index is 13.4. The highest BCUT2D eigenvalue weighted by molar-refractivity contribution is 6.33. The molecule has 2 heterocycles. The quantitative estimate of drug-likeness (QED) is 0.516. The Morgan fingerprint density at radius 2 is 2.03 bits per heavy atom. The summed E-state index contributed by atoms with van der Waals surface area (Å²) in [6, 6.07) is 13.2. The molecule has 3 aromatic rings. The number of benzene rings is 2. The van der Waals surface area contributed by atoms with Gasteiger partial charge in [0.1, 0.15) is 0 Å². The van der Waals surface area contributed by atoms with Gasteiger partial charge in [0, 0.05) is 29.1 Å². The average Bonchev–Trinajstić information content (AvgIpc) is 3.22. The second-order valence-corrected chi connectivity index (χ2v) is 9.29. The number of aromatic amines is 1. The van der Waals surface area contributed by atoms with Crippen LogP contribution in [0.1, 0.15) is 36.5 Å². The molecule has 6 nitrogen and oxygen atoms in total. The van der Waals surface area contributed by atoms with Crippen molar-refractivity contribution in [1.29, 1.82) is 0 Å². The summed E-state index contributed by atoms with van der Waals surface area (Å²) in [5.41, 5.74) is 3.99. The van der Waals surface area contributed by atoms with Crippen molar-refractivity contribution in [3.05, 3.63) is 74.5 Å². The molecule has 1 aliphatic heterocycles. The Morgan fingerprint density at radius 3 is 2.79 bits per heavy atom. The third-order valence-electron chi connectivity index (χ3n) is 6.49. The average molecular weight is 467 g/mol. The van der Waals surface area contributed by atoms with Crippen LogP contribution in [0.5, 0.6) is 0 Å². The maximum Gasteiger partial charge on any atom is 0.322 e. The maximum absolute atomic E-state index is 13.4. The third kappa shape index (κ3) is 5.23. The van der Waals surface area contributed by atoms with Crippen molar-refractivity contribution in [2.75, 3.05) is 25.0 Å². The number of nitrogens with zero attached hydrogens (tertiary/aromatic N) is 2. The van der Waals surface area contributed by atoms with Gasteiger partial charge in [-0.25, -0.2) is 4.79 Å². The van der Waals surface area contributed by atoms with Crippen molar-refractivity contribution in [1.82, 2.24) is 14.8 Å². The number of urea groups is 1. The van der Waals surface area contributed by atoms with Crippen molar-refractivity contribution >= 4 is 34.2 Å². The van der Waals surface area contributed by atoms with Gasteiger partial charge in [0.2, 0.25) is 0 Å². The molecule has 1 aliphatic rings. The monoisotopic (exact) mass is 466 g/mol. The van der Waals surface area contributed by atoms with Gasteiger partial charge in [0.15, 0.2) is 0 Å². The fourth-order valence-corrected chi connectivity index (χ4v) is 4.97. The fourth-order valence-electron chi connectivity index (χ4n) is 4.79. The first-order chi connectivity index (χ1) is 15.9. The standard InChI is InChI=1S/C26H31ClN4O2/c1-4-30-11-7-8-20(30)16-31(26(33)29-23-10-6-5-9-22(23)27)15-19-14-21-18(3)12-17(2)13-24(21)28-25(19)32/h5-6,9-10,12-14,20H,4,7-8,11,15-16H2,1-3H3,(H,28,32)(H,29,33)/t20-/m1/s1. The van der Waals surface area contributed by atoms with Crippen LogP contribution in [0.15, 0.2) is 47.3 Å². The predicted molar refractivity (Wildman–Crippen MR) is 135 cm³/mol. The largest absolute Gasteiger partial charge is 0.322 e. The van der Waals surface area contributed by atoms with E-state index in [1.54, 1.807) is 17.0 Å². The van der Waals surface area contributed by atoms with Crippen molar-refractivity contribution in [3.63, 3.8) is 0 Å². The summed E-state index contributed by atoms with van der Waals surface area (Å²) in [4.78, 5) is 33.4. The molecule has 1 saturated heterocycles. The molecule has 0 bridgehead atoms. The van der Waals surface area contributed by atoms with Gasteiger partial charge >= 0.3 is 6.03 Å². The highest BCUT2D eigenvalue weighted by Crippen LogP contribution is 2.24. The number of fused-ring (bicyclic) bond motifs is 1. The number of likely N-dealkylation sites (tertiary alicyclic amines) is 1. The summed E-state index contributed by atoms with van der Waals surface area (Å²) >= 11 is 6.27. The smallest absolute Gasteiger partial charge is 0.322 e. The van der Waals surface area contributed by atoms with E-state index in [1.165, 1.54) is 0 Å². The molecule has 7 heteroatoms. The highest BCUT2D eigenvalue weighted by Gasteiger charge is 2.28. The van der Waals surface area contributed by atoms with Crippen LogP contribution in [0.25, 0.3) is 10.9 Å². The molecular formula is C26H31ClN4O2. The minimum absolute atomic E-state index is 0.165. The van der Waals surface area contributed by atoms with E-state index in [-0.39, 0.29) is 24.2 Å². The number of pyridine rings is 1. The first-order valence-corrected chi connectivity index (χ1v) is 11.9. The number of aryl methyl sites for hydroxylation is 2. The van der Waals surface area contributed by atoms with Gasteiger partial charge in [-0.2, -0.15) is 0 Å². The molecule has 1 aromatic heterocycles. The lowest BCUT2D eigenvalue weighted by Crippen LogP contribution is -2.45. The number of aromatic nitrogens is 1. The zero-order valence-corrected chi connectivity index (χ0v) is 20.2. The Kier molecular flexibility index (Phi) is 7.05. The SMILES string of the molecule is CCN1CCC[C@@H]1CN(Cc1cc2c(C)cc(C)cc2[nH]c1=O)C(=O)Nc1ccccc1Cl. The number of carbonyl (C=O) groups excluding carboxylic acids is 1. The van der Waals surface area contributed by atoms with E-state index in [4.69, 9.17) is 11.6 Å². The molecule has 1 fully saturated rings. The van der Waals surface area contributed by atoms with E-state index in [0.717, 1.165) is 48.0 Å². The Morgan fingerprint density at radius 1 is 1.24 bits per heavy atom. The molecule has 4 rings (SSSR count). The number of rotatable bonds is 6. The van der Waals surface area contributed by atoms with Crippen LogP contribution < -0.4 is 10.9 Å². The number of hydrogen-bond acceptors (Lipinski definition) is 3. The van der Waals surface area contributed by atoms with E-state index in [1.807, 2.05) is 38.1 Å². The molecule has 2 aromatic carbocycles. The molecule has 0 unspecified atom stereocenters. The molecule has 2 amide bonds. The van der Waals surface area contributed by atoms with E-state index in [9.17, 15) is 9.59 Å². The Hall–Kier alpha value is -2.83. The van der Waals surface area contributed by atoms with Crippen molar-refractivity contribution in [2.24, 2.45) is 0 Å². The van der Waals surface area contributed by atoms with Crippen LogP contribution in [0.3, 0.4) is 0 Å². The second kappa shape index (κ2) is 9.98. The Bertz CT molecular complexity index is 1220. The summed E-state index contributed by atoms with van der Waals surface area (Å²) in [5.74, 6) is 0. The highest BCUT2D eigenvalue weighted by atomic mass is 35.5. The summed E-state index contributed by atoms with van der Waals surface area (Å²) in [7, 11) is 0. The van der Waals surface area contributed by atoms with E-state index >= 15 is 0 Å². The van der Waals surface area contributed by atoms with Crippen LogP contribution >= 0.6 is 11.6 Å². The molecule has 0 aliphatic carbocycles. The van der Waals surface area contributed by atoms with Crippen LogP contribution in [0.2, 0.25) is 5.02 Å². The lowest BCUT2D eigenvalue weighted by molar-refractivity contribution is 0.174. The molecule has 0 saturated carbocycles. The van der Waals surface area contributed by atoms with E-state index in [0.29, 0.717) is 22.8 Å².